The number of aromatic amines is 1. The van der Waals surface area contributed by atoms with E-state index in [2.05, 4.69) is 15.3 Å². The summed E-state index contributed by atoms with van der Waals surface area (Å²) in [6.07, 6.45) is 1.58. The van der Waals surface area contributed by atoms with Crippen molar-refractivity contribution in [2.45, 2.75) is 6.54 Å². The lowest BCUT2D eigenvalue weighted by Gasteiger charge is -2.16. The number of aromatic nitrogens is 2. The molecule has 0 unspecified atom stereocenters. The molecule has 0 saturated carbocycles. The molecule has 6 nitrogen and oxygen atoms in total. The van der Waals surface area contributed by atoms with E-state index in [0.717, 1.165) is 16.6 Å². The number of hydrogen-bond acceptors (Lipinski definition) is 3. The number of imidazole rings is 1. The monoisotopic (exact) mass is 308 g/mol. The molecule has 0 fully saturated rings. The highest BCUT2D eigenvalue weighted by Gasteiger charge is 2.19. The largest absolute Gasteiger partial charge is 0.345 e. The summed E-state index contributed by atoms with van der Waals surface area (Å²) >= 11 is 0. The van der Waals surface area contributed by atoms with Crippen LogP contribution in [-0.2, 0) is 16.1 Å². The first-order chi connectivity index (χ1) is 11.1. The van der Waals surface area contributed by atoms with Crippen LogP contribution in [0.1, 0.15) is 5.56 Å². The predicted octanol–water partition coefficient (Wildman–Crippen LogP) is 2.16. The van der Waals surface area contributed by atoms with Gasteiger partial charge in [-0.1, -0.05) is 30.3 Å². The van der Waals surface area contributed by atoms with Gasteiger partial charge in [0.2, 0.25) is 0 Å². The number of benzene rings is 2. The lowest BCUT2D eigenvalue weighted by atomic mass is 10.2. The van der Waals surface area contributed by atoms with Gasteiger partial charge in [-0.3, -0.25) is 9.59 Å². The fourth-order valence-electron chi connectivity index (χ4n) is 2.30. The molecule has 23 heavy (non-hydrogen) atoms. The Morgan fingerprint density at radius 3 is 2.74 bits per heavy atom. The van der Waals surface area contributed by atoms with Crippen molar-refractivity contribution in [3.05, 3.63) is 60.4 Å². The van der Waals surface area contributed by atoms with E-state index in [4.69, 9.17) is 0 Å². The second-order valence-corrected chi connectivity index (χ2v) is 5.24. The number of rotatable bonds is 3. The summed E-state index contributed by atoms with van der Waals surface area (Å²) in [6.45, 7) is 0.382. The summed E-state index contributed by atoms with van der Waals surface area (Å²) in [7, 11) is 1.60. The van der Waals surface area contributed by atoms with Crippen molar-refractivity contribution in [2.75, 3.05) is 12.4 Å². The van der Waals surface area contributed by atoms with Gasteiger partial charge in [0.1, 0.15) is 0 Å². The zero-order valence-electron chi connectivity index (χ0n) is 12.6. The van der Waals surface area contributed by atoms with Crippen LogP contribution in [0.3, 0.4) is 0 Å². The molecule has 0 saturated heterocycles. The summed E-state index contributed by atoms with van der Waals surface area (Å²) in [4.78, 5) is 32.7. The van der Waals surface area contributed by atoms with E-state index in [0.29, 0.717) is 12.2 Å². The van der Waals surface area contributed by atoms with E-state index < -0.39 is 11.8 Å². The third-order valence-electron chi connectivity index (χ3n) is 3.48. The first kappa shape index (κ1) is 14.8. The van der Waals surface area contributed by atoms with Crippen molar-refractivity contribution < 1.29 is 9.59 Å². The van der Waals surface area contributed by atoms with Gasteiger partial charge in [0.05, 0.1) is 17.4 Å². The van der Waals surface area contributed by atoms with Gasteiger partial charge in [-0.25, -0.2) is 4.98 Å². The normalized spacial score (nSPS) is 10.5. The summed E-state index contributed by atoms with van der Waals surface area (Å²) < 4.78 is 0. The molecular formula is C17H16N4O2. The quantitative estimate of drug-likeness (QED) is 0.728. The minimum Gasteiger partial charge on any atom is -0.345 e. The summed E-state index contributed by atoms with van der Waals surface area (Å²) in [5, 5.41) is 2.61. The van der Waals surface area contributed by atoms with Crippen molar-refractivity contribution in [2.24, 2.45) is 0 Å². The lowest BCUT2D eigenvalue weighted by molar-refractivity contribution is -0.142. The van der Waals surface area contributed by atoms with Crippen LogP contribution in [0.15, 0.2) is 54.9 Å². The van der Waals surface area contributed by atoms with E-state index in [1.54, 1.807) is 31.6 Å². The number of fused-ring (bicyclic) bond motifs is 1. The van der Waals surface area contributed by atoms with Gasteiger partial charge in [-0.15, -0.1) is 0 Å². The first-order valence-electron chi connectivity index (χ1n) is 7.17. The number of carbonyl (C=O) groups is 2. The van der Waals surface area contributed by atoms with E-state index in [1.807, 2.05) is 30.3 Å². The van der Waals surface area contributed by atoms with Crippen molar-refractivity contribution in [1.82, 2.24) is 14.9 Å². The smallest absolute Gasteiger partial charge is 0.313 e. The molecule has 0 aliphatic rings. The summed E-state index contributed by atoms with van der Waals surface area (Å²) in [5.41, 5.74) is 3.12. The number of hydrogen-bond donors (Lipinski definition) is 2. The highest BCUT2D eigenvalue weighted by Crippen LogP contribution is 2.15. The molecule has 2 aromatic carbocycles. The Morgan fingerprint density at radius 2 is 1.96 bits per heavy atom. The lowest BCUT2D eigenvalue weighted by Crippen LogP contribution is -2.36. The Kier molecular flexibility index (Phi) is 4.05. The number of nitrogens with zero attached hydrogens (tertiary/aromatic N) is 2. The standard InChI is InChI=1S/C17H16N4O2/c1-21(10-12-5-3-2-4-6-12)17(23)16(22)20-13-7-8-14-15(9-13)19-11-18-14/h2-9,11H,10H2,1H3,(H,18,19)(H,20,22). The molecule has 0 aliphatic carbocycles. The Labute approximate surface area is 133 Å². The second-order valence-electron chi connectivity index (χ2n) is 5.24. The number of likely N-dealkylation sites (N-methyl/N-ethyl adjacent to an activating group) is 1. The molecule has 3 aromatic rings. The van der Waals surface area contributed by atoms with Crippen LogP contribution in [0.2, 0.25) is 0 Å². The van der Waals surface area contributed by atoms with Gasteiger partial charge < -0.3 is 15.2 Å². The fraction of sp³-hybridized carbons (Fsp3) is 0.118. The maximum Gasteiger partial charge on any atom is 0.313 e. The predicted molar refractivity (Wildman–Crippen MR) is 87.6 cm³/mol. The Balaban J connectivity index is 1.65. The zero-order valence-corrected chi connectivity index (χ0v) is 12.6. The summed E-state index contributed by atoms with van der Waals surface area (Å²) in [6, 6.07) is 14.8. The molecule has 0 bridgehead atoms. The minimum absolute atomic E-state index is 0.382. The number of H-pyrrole nitrogens is 1. The van der Waals surface area contributed by atoms with Crippen molar-refractivity contribution in [1.29, 1.82) is 0 Å². The molecule has 0 aliphatic heterocycles. The molecule has 0 radical (unpaired) electrons. The van der Waals surface area contributed by atoms with Crippen LogP contribution in [-0.4, -0.2) is 33.7 Å². The number of carbonyl (C=O) groups excluding carboxylic acids is 2. The van der Waals surface area contributed by atoms with Crippen molar-refractivity contribution >= 4 is 28.5 Å². The van der Waals surface area contributed by atoms with Gasteiger partial charge in [0.15, 0.2) is 0 Å². The third kappa shape index (κ3) is 3.37. The Morgan fingerprint density at radius 1 is 1.17 bits per heavy atom. The third-order valence-corrected chi connectivity index (χ3v) is 3.48. The van der Waals surface area contributed by atoms with Crippen LogP contribution >= 0.6 is 0 Å². The Bertz CT molecular complexity index is 842. The molecule has 1 aromatic heterocycles. The molecular weight excluding hydrogens is 292 g/mol. The van der Waals surface area contributed by atoms with E-state index in [-0.39, 0.29) is 0 Å². The van der Waals surface area contributed by atoms with Crippen LogP contribution in [0, 0.1) is 0 Å². The van der Waals surface area contributed by atoms with Gasteiger partial charge in [0, 0.05) is 19.3 Å². The van der Waals surface area contributed by atoms with Crippen LogP contribution in [0.25, 0.3) is 11.0 Å². The molecule has 116 valence electrons. The molecule has 2 N–H and O–H groups in total. The van der Waals surface area contributed by atoms with Gasteiger partial charge in [-0.2, -0.15) is 0 Å². The zero-order chi connectivity index (χ0) is 16.2. The van der Waals surface area contributed by atoms with Gasteiger partial charge in [0.25, 0.3) is 0 Å². The van der Waals surface area contributed by atoms with Gasteiger partial charge in [-0.05, 0) is 23.8 Å². The SMILES string of the molecule is CN(Cc1ccccc1)C(=O)C(=O)Nc1ccc2nc[nH]c2c1. The van der Waals surface area contributed by atoms with Gasteiger partial charge >= 0.3 is 11.8 Å². The number of anilines is 1. The highest BCUT2D eigenvalue weighted by atomic mass is 16.2. The second kappa shape index (κ2) is 6.31. The van der Waals surface area contributed by atoms with E-state index >= 15 is 0 Å². The van der Waals surface area contributed by atoms with Crippen molar-refractivity contribution in [3.8, 4) is 0 Å². The molecule has 3 rings (SSSR count). The van der Waals surface area contributed by atoms with Crippen LogP contribution < -0.4 is 5.32 Å². The topological polar surface area (TPSA) is 78.1 Å². The number of amides is 2. The molecule has 1 heterocycles. The highest BCUT2D eigenvalue weighted by molar-refractivity contribution is 6.39. The maximum absolute atomic E-state index is 12.2. The molecule has 6 heteroatoms. The molecule has 0 spiro atoms. The van der Waals surface area contributed by atoms with E-state index in [1.165, 1.54) is 4.90 Å². The maximum atomic E-state index is 12.2. The van der Waals surface area contributed by atoms with Crippen LogP contribution in [0.4, 0.5) is 5.69 Å². The van der Waals surface area contributed by atoms with Crippen LogP contribution in [0.5, 0.6) is 0 Å². The average molecular weight is 308 g/mol. The minimum atomic E-state index is -0.665. The number of nitrogens with one attached hydrogen (secondary N) is 2. The first-order valence-corrected chi connectivity index (χ1v) is 7.17. The van der Waals surface area contributed by atoms with Crippen molar-refractivity contribution in [3.63, 3.8) is 0 Å². The fourth-order valence-corrected chi connectivity index (χ4v) is 2.30. The summed E-state index contributed by atoms with van der Waals surface area (Å²) in [5.74, 6) is -1.25. The Hall–Kier alpha value is -3.15. The average Bonchev–Trinajstić information content (AvgIpc) is 3.02. The van der Waals surface area contributed by atoms with E-state index in [9.17, 15) is 9.59 Å². The molecule has 2 amide bonds. The molecule has 0 atom stereocenters.